The van der Waals surface area contributed by atoms with E-state index >= 15 is 0 Å². The van der Waals surface area contributed by atoms with Crippen molar-refractivity contribution >= 4 is 0 Å². The molecule has 3 rings (SSSR count). The largest absolute Gasteiger partial charge is 0.384 e. The smallest absolute Gasteiger partial charge is 0.162 e. The summed E-state index contributed by atoms with van der Waals surface area (Å²) in [5, 5.41) is 8.89. The van der Waals surface area contributed by atoms with Crippen LogP contribution in [-0.4, -0.2) is 35.1 Å². The number of fused-ring (bicyclic) bond motifs is 1. The Labute approximate surface area is 120 Å². The Morgan fingerprint density at radius 2 is 2.05 bits per heavy atom. The van der Waals surface area contributed by atoms with Gasteiger partial charge >= 0.3 is 0 Å². The quantitative estimate of drug-likeness (QED) is 0.853. The molecule has 1 fully saturated rings. The fraction of sp³-hybridized carbons (Fsp3) is 0.867. The minimum absolute atomic E-state index is 0.0666. The lowest BCUT2D eigenvalue weighted by atomic mass is 10.0. The molecule has 0 aromatic carbocycles. The molecule has 0 amide bonds. The predicted octanol–water partition coefficient (Wildman–Crippen LogP) is 2.51. The number of hydrogen-bond donors (Lipinski definition) is 0. The summed E-state index contributed by atoms with van der Waals surface area (Å²) in [5.41, 5.74) is 0. The minimum Gasteiger partial charge on any atom is -0.384 e. The van der Waals surface area contributed by atoms with Crippen molar-refractivity contribution in [2.24, 2.45) is 5.92 Å². The van der Waals surface area contributed by atoms with Gasteiger partial charge in [-0.2, -0.15) is 0 Å². The van der Waals surface area contributed by atoms with Crippen LogP contribution in [0.1, 0.15) is 56.3 Å². The molecular weight excluding hydrogens is 254 g/mol. The topological polar surface area (TPSA) is 49.2 Å². The highest BCUT2D eigenvalue weighted by Gasteiger charge is 2.34. The monoisotopic (exact) mass is 279 g/mol. The normalized spacial score (nSPS) is 27.6. The van der Waals surface area contributed by atoms with Gasteiger partial charge in [0.1, 0.15) is 11.9 Å². The molecule has 0 bridgehead atoms. The summed E-state index contributed by atoms with van der Waals surface area (Å²) in [6.07, 6.45) is 8.59. The summed E-state index contributed by atoms with van der Waals surface area (Å²) in [7, 11) is 1.76. The summed E-state index contributed by atoms with van der Waals surface area (Å²) >= 11 is 0. The first kappa shape index (κ1) is 14.0. The lowest BCUT2D eigenvalue weighted by Gasteiger charge is -2.18. The van der Waals surface area contributed by atoms with Crippen LogP contribution < -0.4 is 0 Å². The van der Waals surface area contributed by atoms with E-state index in [-0.39, 0.29) is 6.10 Å². The average molecular weight is 279 g/mol. The van der Waals surface area contributed by atoms with Crippen LogP contribution in [0.5, 0.6) is 0 Å². The van der Waals surface area contributed by atoms with Gasteiger partial charge in [0.15, 0.2) is 5.82 Å². The molecule has 3 heterocycles. The molecule has 0 radical (unpaired) electrons. The Morgan fingerprint density at radius 3 is 2.95 bits per heavy atom. The van der Waals surface area contributed by atoms with Crippen molar-refractivity contribution in [2.45, 2.75) is 57.6 Å². The van der Waals surface area contributed by atoms with E-state index in [4.69, 9.17) is 9.47 Å². The minimum atomic E-state index is 0.0666. The van der Waals surface area contributed by atoms with Gasteiger partial charge in [-0.05, 0) is 19.3 Å². The zero-order valence-electron chi connectivity index (χ0n) is 12.4. The summed E-state index contributed by atoms with van der Waals surface area (Å²) in [4.78, 5) is 0. The molecule has 5 nitrogen and oxygen atoms in total. The van der Waals surface area contributed by atoms with Crippen LogP contribution in [-0.2, 0) is 22.4 Å². The second-order valence-corrected chi connectivity index (χ2v) is 5.94. The molecule has 1 saturated heterocycles. The highest BCUT2D eigenvalue weighted by Crippen LogP contribution is 2.34. The lowest BCUT2D eigenvalue weighted by molar-refractivity contribution is 0.0508. The first-order valence-electron chi connectivity index (χ1n) is 7.92. The van der Waals surface area contributed by atoms with Crippen molar-refractivity contribution < 1.29 is 9.47 Å². The van der Waals surface area contributed by atoms with Gasteiger partial charge in [-0.15, -0.1) is 10.2 Å². The third-order valence-corrected chi connectivity index (χ3v) is 4.49. The average Bonchev–Trinajstić information content (AvgIpc) is 3.05. The summed E-state index contributed by atoms with van der Waals surface area (Å²) in [6, 6.07) is 0. The zero-order chi connectivity index (χ0) is 13.8. The predicted molar refractivity (Wildman–Crippen MR) is 75.5 cm³/mol. The summed E-state index contributed by atoms with van der Waals surface area (Å²) in [6.45, 7) is 2.59. The van der Waals surface area contributed by atoms with Gasteiger partial charge in [-0.3, -0.25) is 0 Å². The summed E-state index contributed by atoms with van der Waals surface area (Å²) < 4.78 is 13.6. The number of ether oxygens (including phenoxy) is 2. The second-order valence-electron chi connectivity index (χ2n) is 5.94. The van der Waals surface area contributed by atoms with E-state index in [9.17, 15) is 0 Å². The van der Waals surface area contributed by atoms with Crippen LogP contribution in [0.15, 0.2) is 0 Å². The second kappa shape index (κ2) is 6.68. The van der Waals surface area contributed by atoms with Crippen molar-refractivity contribution in [3.05, 3.63) is 11.6 Å². The zero-order valence-corrected chi connectivity index (χ0v) is 12.4. The molecule has 1 aromatic heterocycles. The molecule has 2 atom stereocenters. The lowest BCUT2D eigenvalue weighted by Crippen LogP contribution is -2.18. The van der Waals surface area contributed by atoms with E-state index in [0.29, 0.717) is 5.92 Å². The highest BCUT2D eigenvalue weighted by atomic mass is 16.5. The van der Waals surface area contributed by atoms with Crippen molar-refractivity contribution in [2.75, 3.05) is 20.3 Å². The SMILES string of the molecule is COC[C@@H]1CCO[C@@H]1c1nnc2n1CCCCCCC2. The van der Waals surface area contributed by atoms with Crippen LogP contribution >= 0.6 is 0 Å². The van der Waals surface area contributed by atoms with Crippen LogP contribution in [0.4, 0.5) is 0 Å². The molecular formula is C15H25N3O2. The molecule has 2 aliphatic heterocycles. The van der Waals surface area contributed by atoms with Crippen LogP contribution in [0, 0.1) is 5.92 Å². The van der Waals surface area contributed by atoms with E-state index < -0.39 is 0 Å². The van der Waals surface area contributed by atoms with Gasteiger partial charge in [0, 0.05) is 32.6 Å². The van der Waals surface area contributed by atoms with E-state index in [0.717, 1.165) is 44.2 Å². The molecule has 0 saturated carbocycles. The fourth-order valence-corrected chi connectivity index (χ4v) is 3.38. The maximum absolute atomic E-state index is 5.93. The van der Waals surface area contributed by atoms with E-state index in [1.807, 2.05) is 0 Å². The van der Waals surface area contributed by atoms with Gasteiger partial charge in [0.25, 0.3) is 0 Å². The molecule has 112 valence electrons. The van der Waals surface area contributed by atoms with Crippen molar-refractivity contribution in [1.29, 1.82) is 0 Å². The molecule has 0 N–H and O–H groups in total. The van der Waals surface area contributed by atoms with E-state index in [1.165, 1.54) is 32.1 Å². The number of hydrogen-bond acceptors (Lipinski definition) is 4. The molecule has 5 heteroatoms. The van der Waals surface area contributed by atoms with Gasteiger partial charge in [-0.1, -0.05) is 19.3 Å². The number of aromatic nitrogens is 3. The fourth-order valence-electron chi connectivity index (χ4n) is 3.38. The molecule has 2 aliphatic rings. The number of aryl methyl sites for hydroxylation is 1. The maximum atomic E-state index is 5.93. The molecule has 1 aromatic rings. The third-order valence-electron chi connectivity index (χ3n) is 4.49. The molecule has 0 spiro atoms. The van der Waals surface area contributed by atoms with Crippen molar-refractivity contribution in [1.82, 2.24) is 14.8 Å². The Hall–Kier alpha value is -0.940. The Balaban J connectivity index is 1.82. The molecule has 0 aliphatic carbocycles. The third kappa shape index (κ3) is 2.88. The highest BCUT2D eigenvalue weighted by molar-refractivity contribution is 5.03. The van der Waals surface area contributed by atoms with Gasteiger partial charge in [0.2, 0.25) is 0 Å². The van der Waals surface area contributed by atoms with Crippen molar-refractivity contribution in [3.63, 3.8) is 0 Å². The summed E-state index contributed by atoms with van der Waals surface area (Å²) in [5.74, 6) is 2.59. The molecule has 20 heavy (non-hydrogen) atoms. The Bertz CT molecular complexity index is 433. The van der Waals surface area contributed by atoms with E-state index in [2.05, 4.69) is 14.8 Å². The molecule has 0 unspecified atom stereocenters. The Kier molecular flexibility index (Phi) is 4.68. The van der Waals surface area contributed by atoms with Gasteiger partial charge in [-0.25, -0.2) is 0 Å². The van der Waals surface area contributed by atoms with Gasteiger partial charge < -0.3 is 14.0 Å². The van der Waals surface area contributed by atoms with Crippen LogP contribution in [0.25, 0.3) is 0 Å². The van der Waals surface area contributed by atoms with Crippen LogP contribution in [0.3, 0.4) is 0 Å². The number of nitrogens with zero attached hydrogens (tertiary/aromatic N) is 3. The number of rotatable bonds is 3. The first-order valence-corrected chi connectivity index (χ1v) is 7.92. The standard InChI is InChI=1S/C15H25N3O2/c1-19-11-12-8-10-20-14(12)15-17-16-13-7-5-3-2-4-6-9-18(13)15/h12,14H,2-11H2,1H3/t12-,14-/m0/s1. The number of methoxy groups -OCH3 is 1. The Morgan fingerprint density at radius 1 is 1.20 bits per heavy atom. The van der Waals surface area contributed by atoms with Crippen LogP contribution in [0.2, 0.25) is 0 Å². The van der Waals surface area contributed by atoms with Gasteiger partial charge in [0.05, 0.1) is 6.61 Å². The maximum Gasteiger partial charge on any atom is 0.162 e. The van der Waals surface area contributed by atoms with E-state index in [1.54, 1.807) is 7.11 Å². The van der Waals surface area contributed by atoms with Crippen molar-refractivity contribution in [3.8, 4) is 0 Å². The first-order chi connectivity index (χ1) is 9.90.